The standard InChI is InChI=1S/C14H14FN3O2S/c15-10-4-3-9(11(19)8-10)7-12-13(20)17-14(21-12)18-6-2-1-5-16-18/h3-4,7-8,16,19H,1-2,5-6H2/b12-7+. The van der Waals surface area contributed by atoms with Crippen molar-refractivity contribution in [2.45, 2.75) is 12.8 Å². The molecule has 1 aromatic rings. The van der Waals surface area contributed by atoms with Gasteiger partial charge in [-0.2, -0.15) is 4.99 Å². The van der Waals surface area contributed by atoms with Gasteiger partial charge in [0.1, 0.15) is 11.6 Å². The van der Waals surface area contributed by atoms with Crippen molar-refractivity contribution in [1.82, 2.24) is 10.4 Å². The number of carbonyl (C=O) groups is 1. The lowest BCUT2D eigenvalue weighted by molar-refractivity contribution is -0.113. The second-order valence-electron chi connectivity index (χ2n) is 4.78. The van der Waals surface area contributed by atoms with E-state index >= 15 is 0 Å². The molecule has 0 atom stereocenters. The first-order valence-corrected chi connectivity index (χ1v) is 7.47. The minimum Gasteiger partial charge on any atom is -0.507 e. The topological polar surface area (TPSA) is 64.9 Å². The molecule has 2 heterocycles. The van der Waals surface area contributed by atoms with Crippen LogP contribution in [-0.2, 0) is 4.79 Å². The molecular formula is C14H14FN3O2S. The highest BCUT2D eigenvalue weighted by molar-refractivity contribution is 8.18. The van der Waals surface area contributed by atoms with E-state index in [9.17, 15) is 14.3 Å². The van der Waals surface area contributed by atoms with E-state index < -0.39 is 5.82 Å². The number of halogens is 1. The average molecular weight is 307 g/mol. The molecule has 5 nitrogen and oxygen atoms in total. The number of benzene rings is 1. The molecule has 1 saturated heterocycles. The van der Waals surface area contributed by atoms with Crippen LogP contribution in [0.3, 0.4) is 0 Å². The molecule has 21 heavy (non-hydrogen) atoms. The summed E-state index contributed by atoms with van der Waals surface area (Å²) in [7, 11) is 0. The van der Waals surface area contributed by atoms with Crippen LogP contribution in [0.25, 0.3) is 6.08 Å². The normalized spacial score (nSPS) is 21.0. The van der Waals surface area contributed by atoms with Gasteiger partial charge in [0, 0.05) is 24.7 Å². The van der Waals surface area contributed by atoms with Crippen molar-refractivity contribution in [2.24, 2.45) is 4.99 Å². The molecule has 0 spiro atoms. The first-order chi connectivity index (χ1) is 10.1. The second kappa shape index (κ2) is 5.87. The molecule has 0 saturated carbocycles. The fourth-order valence-corrected chi connectivity index (χ4v) is 3.05. The van der Waals surface area contributed by atoms with Gasteiger partial charge in [-0.25, -0.2) is 9.82 Å². The van der Waals surface area contributed by atoms with E-state index in [4.69, 9.17) is 0 Å². The summed E-state index contributed by atoms with van der Waals surface area (Å²) in [6.45, 7) is 1.68. The predicted molar refractivity (Wildman–Crippen MR) is 80.0 cm³/mol. The van der Waals surface area contributed by atoms with Crippen molar-refractivity contribution in [1.29, 1.82) is 0 Å². The van der Waals surface area contributed by atoms with E-state index in [2.05, 4.69) is 10.4 Å². The molecular weight excluding hydrogens is 293 g/mol. The molecule has 1 amide bonds. The summed E-state index contributed by atoms with van der Waals surface area (Å²) in [5, 5.41) is 12.2. The molecule has 0 aromatic heterocycles. The van der Waals surface area contributed by atoms with Crippen LogP contribution in [-0.4, -0.2) is 34.3 Å². The van der Waals surface area contributed by atoms with E-state index in [1.54, 1.807) is 0 Å². The maximum absolute atomic E-state index is 13.0. The molecule has 1 fully saturated rings. The zero-order valence-corrected chi connectivity index (χ0v) is 12.0. The Bertz CT molecular complexity index is 639. The number of rotatable bonds is 1. The SMILES string of the molecule is O=C1N=C(N2CCCCN2)S/C1=C/c1ccc(F)cc1O. The number of nitrogens with one attached hydrogen (secondary N) is 1. The molecule has 0 aliphatic carbocycles. The predicted octanol–water partition coefficient (Wildman–Crippen LogP) is 2.10. The van der Waals surface area contributed by atoms with E-state index in [0.29, 0.717) is 15.6 Å². The van der Waals surface area contributed by atoms with Crippen LogP contribution >= 0.6 is 11.8 Å². The van der Waals surface area contributed by atoms with Crippen molar-refractivity contribution in [3.63, 3.8) is 0 Å². The molecule has 0 bridgehead atoms. The Morgan fingerprint density at radius 3 is 3.00 bits per heavy atom. The van der Waals surface area contributed by atoms with Crippen LogP contribution in [0.1, 0.15) is 18.4 Å². The van der Waals surface area contributed by atoms with Crippen molar-refractivity contribution in [3.05, 3.63) is 34.5 Å². The third kappa shape index (κ3) is 3.08. The first kappa shape index (κ1) is 14.1. The van der Waals surface area contributed by atoms with Crippen molar-refractivity contribution in [3.8, 4) is 5.75 Å². The number of aliphatic imine (C=N–C) groups is 1. The van der Waals surface area contributed by atoms with Gasteiger partial charge in [0.05, 0.1) is 4.91 Å². The molecule has 3 rings (SSSR count). The molecule has 110 valence electrons. The highest BCUT2D eigenvalue weighted by Gasteiger charge is 2.27. The number of hydrazine groups is 1. The second-order valence-corrected chi connectivity index (χ2v) is 5.79. The Hall–Kier alpha value is -1.86. The summed E-state index contributed by atoms with van der Waals surface area (Å²) in [6, 6.07) is 3.69. The summed E-state index contributed by atoms with van der Waals surface area (Å²) in [6.07, 6.45) is 3.69. The summed E-state index contributed by atoms with van der Waals surface area (Å²) >= 11 is 1.25. The lowest BCUT2D eigenvalue weighted by Gasteiger charge is -2.28. The molecule has 7 heteroatoms. The van der Waals surface area contributed by atoms with E-state index in [-0.39, 0.29) is 11.7 Å². The van der Waals surface area contributed by atoms with Crippen molar-refractivity contribution in [2.75, 3.05) is 13.1 Å². The Kier molecular flexibility index (Phi) is 3.94. The number of thioether (sulfide) groups is 1. The molecule has 2 N–H and O–H groups in total. The van der Waals surface area contributed by atoms with Gasteiger partial charge < -0.3 is 5.11 Å². The molecule has 2 aliphatic rings. The Labute approximate surface area is 125 Å². The molecule has 2 aliphatic heterocycles. The quantitative estimate of drug-likeness (QED) is 0.778. The molecule has 1 aromatic carbocycles. The molecule has 0 radical (unpaired) electrons. The third-order valence-corrected chi connectivity index (χ3v) is 4.24. The summed E-state index contributed by atoms with van der Waals surface area (Å²) in [5.74, 6) is -1.05. The van der Waals surface area contributed by atoms with Gasteiger partial charge in [-0.3, -0.25) is 9.80 Å². The number of phenolic OH excluding ortho intramolecular Hbond substituents is 1. The van der Waals surface area contributed by atoms with E-state index in [1.165, 1.54) is 30.0 Å². The van der Waals surface area contributed by atoms with Gasteiger partial charge in [0.15, 0.2) is 5.17 Å². The van der Waals surface area contributed by atoms with Crippen LogP contribution < -0.4 is 5.43 Å². The van der Waals surface area contributed by atoms with E-state index in [0.717, 1.165) is 32.0 Å². The summed E-state index contributed by atoms with van der Waals surface area (Å²) < 4.78 is 13.0. The van der Waals surface area contributed by atoms with Gasteiger partial charge in [-0.15, -0.1) is 0 Å². The molecule has 0 unspecified atom stereocenters. The van der Waals surface area contributed by atoms with E-state index in [1.807, 2.05) is 5.01 Å². The van der Waals surface area contributed by atoms with Gasteiger partial charge >= 0.3 is 0 Å². The number of hydrogen-bond donors (Lipinski definition) is 2. The fourth-order valence-electron chi connectivity index (χ4n) is 2.14. The van der Waals surface area contributed by atoms with Crippen molar-refractivity contribution < 1.29 is 14.3 Å². The number of aromatic hydroxyl groups is 1. The zero-order valence-electron chi connectivity index (χ0n) is 11.2. The maximum atomic E-state index is 13.0. The lowest BCUT2D eigenvalue weighted by Crippen LogP contribution is -2.45. The van der Waals surface area contributed by atoms with Crippen LogP contribution in [0.5, 0.6) is 5.75 Å². The highest BCUT2D eigenvalue weighted by atomic mass is 32.2. The number of hydrogen-bond acceptors (Lipinski definition) is 5. The largest absolute Gasteiger partial charge is 0.507 e. The third-order valence-electron chi connectivity index (χ3n) is 3.23. The Morgan fingerprint density at radius 1 is 1.43 bits per heavy atom. The number of carbonyl (C=O) groups excluding carboxylic acids is 1. The monoisotopic (exact) mass is 307 g/mol. The van der Waals surface area contributed by atoms with Crippen LogP contribution in [0.15, 0.2) is 28.1 Å². The lowest BCUT2D eigenvalue weighted by atomic mass is 10.2. The van der Waals surface area contributed by atoms with Crippen LogP contribution in [0.4, 0.5) is 4.39 Å². The number of nitrogens with zero attached hydrogens (tertiary/aromatic N) is 2. The van der Waals surface area contributed by atoms with Gasteiger partial charge in [0.2, 0.25) is 0 Å². The minimum atomic E-state index is -0.519. The van der Waals surface area contributed by atoms with Gasteiger partial charge in [-0.1, -0.05) is 0 Å². The Morgan fingerprint density at radius 2 is 2.29 bits per heavy atom. The zero-order chi connectivity index (χ0) is 14.8. The Balaban J connectivity index is 1.79. The number of amidine groups is 1. The number of amides is 1. The van der Waals surface area contributed by atoms with Gasteiger partial charge in [0.25, 0.3) is 5.91 Å². The van der Waals surface area contributed by atoms with Crippen molar-refractivity contribution >= 4 is 28.9 Å². The smallest absolute Gasteiger partial charge is 0.286 e. The minimum absolute atomic E-state index is 0.194. The van der Waals surface area contributed by atoms with Crippen LogP contribution in [0, 0.1) is 5.82 Å². The summed E-state index contributed by atoms with van der Waals surface area (Å²) in [5.41, 5.74) is 3.59. The summed E-state index contributed by atoms with van der Waals surface area (Å²) in [4.78, 5) is 16.4. The first-order valence-electron chi connectivity index (χ1n) is 6.65. The number of phenols is 1. The average Bonchev–Trinajstić information content (AvgIpc) is 2.84. The van der Waals surface area contributed by atoms with Crippen LogP contribution in [0.2, 0.25) is 0 Å². The maximum Gasteiger partial charge on any atom is 0.286 e. The van der Waals surface area contributed by atoms with Gasteiger partial charge in [-0.05, 0) is 42.8 Å². The highest BCUT2D eigenvalue weighted by Crippen LogP contribution is 2.32. The fraction of sp³-hybridized carbons (Fsp3) is 0.286.